The van der Waals surface area contributed by atoms with Gasteiger partial charge in [-0.05, 0) is 79.7 Å². The van der Waals surface area contributed by atoms with Crippen LogP contribution in [0.5, 0.6) is 5.75 Å². The van der Waals surface area contributed by atoms with Crippen molar-refractivity contribution in [2.24, 2.45) is 0 Å². The second-order valence-corrected chi connectivity index (χ2v) is 8.00. The van der Waals surface area contributed by atoms with E-state index in [0.717, 1.165) is 15.6 Å². The molecule has 2 aromatic carbocycles. The Bertz CT molecular complexity index is 1150. The van der Waals surface area contributed by atoms with Gasteiger partial charge >= 0.3 is 0 Å². The Morgan fingerprint density at radius 3 is 2.45 bits per heavy atom. The van der Waals surface area contributed by atoms with Crippen LogP contribution in [0.15, 0.2) is 57.6 Å². The van der Waals surface area contributed by atoms with Crippen molar-refractivity contribution in [3.05, 3.63) is 75.7 Å². The molecule has 0 atom stereocenters. The molecule has 0 spiro atoms. The Hall–Kier alpha value is -3.17. The number of anilines is 2. The van der Waals surface area contributed by atoms with Gasteiger partial charge in [0.2, 0.25) is 0 Å². The maximum atomic E-state index is 12.7. The number of aryl methyl sites for hydroxylation is 2. The number of furan rings is 1. The van der Waals surface area contributed by atoms with Gasteiger partial charge in [0.05, 0.1) is 18.9 Å². The number of ether oxygens (including phenoxy) is 1. The van der Waals surface area contributed by atoms with Gasteiger partial charge in [0.15, 0.2) is 10.9 Å². The Balaban J connectivity index is 1.66. The van der Waals surface area contributed by atoms with E-state index < -0.39 is 5.91 Å². The number of thiocarbonyl (C=S) groups is 1. The smallest absolute Gasteiger partial charge is 0.291 e. The number of carbonyl (C=O) groups is 2. The normalized spacial score (nSPS) is 10.3. The predicted octanol–water partition coefficient (Wildman–Crippen LogP) is 5.05. The zero-order chi connectivity index (χ0) is 22.5. The number of benzene rings is 2. The van der Waals surface area contributed by atoms with Crippen LogP contribution in [0, 0.1) is 13.8 Å². The van der Waals surface area contributed by atoms with E-state index in [1.165, 1.54) is 13.4 Å². The van der Waals surface area contributed by atoms with Gasteiger partial charge < -0.3 is 19.8 Å². The van der Waals surface area contributed by atoms with E-state index in [1.54, 1.807) is 36.4 Å². The molecule has 0 saturated carbocycles. The molecule has 1 heterocycles. The van der Waals surface area contributed by atoms with Crippen LogP contribution in [0.2, 0.25) is 0 Å². The van der Waals surface area contributed by atoms with Crippen molar-refractivity contribution in [1.29, 1.82) is 0 Å². The lowest BCUT2D eigenvalue weighted by Crippen LogP contribution is -2.34. The molecule has 3 N–H and O–H groups in total. The Morgan fingerprint density at radius 1 is 1.03 bits per heavy atom. The van der Waals surface area contributed by atoms with Gasteiger partial charge in [-0.15, -0.1) is 0 Å². The van der Waals surface area contributed by atoms with E-state index in [-0.39, 0.29) is 16.8 Å². The molecule has 0 bridgehead atoms. The SMILES string of the molecule is COc1c(C)cc(Br)cc1C(=O)NC(=S)Nc1ccc(NC(=O)c2ccco2)c(C)c1. The molecule has 9 heteroatoms. The molecule has 7 nitrogen and oxygen atoms in total. The number of methoxy groups -OCH3 is 1. The molecule has 0 radical (unpaired) electrons. The summed E-state index contributed by atoms with van der Waals surface area (Å²) < 4.78 is 11.2. The third-order valence-electron chi connectivity index (χ3n) is 4.39. The van der Waals surface area contributed by atoms with Gasteiger partial charge in [0.25, 0.3) is 11.8 Å². The zero-order valence-corrected chi connectivity index (χ0v) is 19.4. The number of rotatable bonds is 5. The summed E-state index contributed by atoms with van der Waals surface area (Å²) in [4.78, 5) is 24.8. The van der Waals surface area contributed by atoms with E-state index in [2.05, 4.69) is 31.9 Å². The summed E-state index contributed by atoms with van der Waals surface area (Å²) in [6.45, 7) is 3.70. The molecule has 3 rings (SSSR count). The number of carbonyl (C=O) groups excluding carboxylic acids is 2. The standard InChI is InChI=1S/C22H20BrN3O4S/c1-12-10-15(6-7-17(12)25-21(28)18-5-4-8-30-18)24-22(31)26-20(27)16-11-14(23)9-13(2)19(16)29-3/h4-11H,1-3H3,(H,25,28)(H2,24,26,27,31). The summed E-state index contributed by atoms with van der Waals surface area (Å²) in [7, 11) is 1.51. The molecule has 0 aliphatic rings. The van der Waals surface area contributed by atoms with Crippen molar-refractivity contribution >= 4 is 56.4 Å². The van der Waals surface area contributed by atoms with Crippen molar-refractivity contribution in [2.75, 3.05) is 17.7 Å². The highest BCUT2D eigenvalue weighted by Crippen LogP contribution is 2.28. The predicted molar refractivity (Wildman–Crippen MR) is 127 cm³/mol. The minimum Gasteiger partial charge on any atom is -0.496 e. The van der Waals surface area contributed by atoms with Crippen molar-refractivity contribution in [2.45, 2.75) is 13.8 Å². The minimum absolute atomic E-state index is 0.136. The number of hydrogen-bond acceptors (Lipinski definition) is 5. The van der Waals surface area contributed by atoms with Crippen LogP contribution in [-0.4, -0.2) is 24.0 Å². The first-order chi connectivity index (χ1) is 14.8. The highest BCUT2D eigenvalue weighted by Gasteiger charge is 2.17. The van der Waals surface area contributed by atoms with Crippen LogP contribution in [0.1, 0.15) is 32.0 Å². The molecule has 31 heavy (non-hydrogen) atoms. The lowest BCUT2D eigenvalue weighted by atomic mass is 10.1. The van der Waals surface area contributed by atoms with Gasteiger partial charge in [-0.1, -0.05) is 15.9 Å². The average molecular weight is 502 g/mol. The lowest BCUT2D eigenvalue weighted by Gasteiger charge is -2.15. The van der Waals surface area contributed by atoms with Gasteiger partial charge in [-0.25, -0.2) is 0 Å². The molecule has 160 valence electrons. The summed E-state index contributed by atoms with van der Waals surface area (Å²) in [6, 6.07) is 12.1. The van der Waals surface area contributed by atoms with Gasteiger partial charge in [0.1, 0.15) is 5.75 Å². The van der Waals surface area contributed by atoms with E-state index in [0.29, 0.717) is 22.7 Å². The van der Waals surface area contributed by atoms with Crippen LogP contribution in [0.4, 0.5) is 11.4 Å². The summed E-state index contributed by atoms with van der Waals surface area (Å²) in [5, 5.41) is 8.56. The van der Waals surface area contributed by atoms with Crippen LogP contribution >= 0.6 is 28.1 Å². The van der Waals surface area contributed by atoms with Crippen molar-refractivity contribution in [3.63, 3.8) is 0 Å². The van der Waals surface area contributed by atoms with E-state index in [4.69, 9.17) is 21.4 Å². The minimum atomic E-state index is -0.391. The average Bonchev–Trinajstić information content (AvgIpc) is 3.24. The first-order valence-electron chi connectivity index (χ1n) is 9.20. The molecule has 0 saturated heterocycles. The van der Waals surface area contributed by atoms with Crippen molar-refractivity contribution < 1.29 is 18.7 Å². The molecule has 1 aromatic heterocycles. The Labute approximate surface area is 193 Å². The van der Waals surface area contributed by atoms with Gasteiger partial charge in [-0.2, -0.15) is 0 Å². The quantitative estimate of drug-likeness (QED) is 0.423. The second kappa shape index (κ2) is 9.76. The van der Waals surface area contributed by atoms with E-state index in [1.807, 2.05) is 19.9 Å². The van der Waals surface area contributed by atoms with Crippen LogP contribution in [-0.2, 0) is 0 Å². The molecular formula is C22H20BrN3O4S. The maximum absolute atomic E-state index is 12.7. The fourth-order valence-electron chi connectivity index (χ4n) is 2.98. The fourth-order valence-corrected chi connectivity index (χ4v) is 3.76. The lowest BCUT2D eigenvalue weighted by molar-refractivity contribution is 0.0972. The highest BCUT2D eigenvalue weighted by atomic mass is 79.9. The van der Waals surface area contributed by atoms with Crippen LogP contribution < -0.4 is 20.7 Å². The topological polar surface area (TPSA) is 92.6 Å². The third-order valence-corrected chi connectivity index (χ3v) is 5.05. The second-order valence-electron chi connectivity index (χ2n) is 6.67. The molecule has 0 aliphatic heterocycles. The molecular weight excluding hydrogens is 482 g/mol. The van der Waals surface area contributed by atoms with Crippen molar-refractivity contribution in [3.8, 4) is 5.75 Å². The summed E-state index contributed by atoms with van der Waals surface area (Å²) in [5.74, 6) is -0.0210. The first kappa shape index (κ1) is 22.5. The molecule has 0 aliphatic carbocycles. The molecule has 0 fully saturated rings. The van der Waals surface area contributed by atoms with Crippen LogP contribution in [0.3, 0.4) is 0 Å². The van der Waals surface area contributed by atoms with E-state index >= 15 is 0 Å². The van der Waals surface area contributed by atoms with Crippen molar-refractivity contribution in [1.82, 2.24) is 5.32 Å². The fraction of sp³-hybridized carbons (Fsp3) is 0.136. The van der Waals surface area contributed by atoms with E-state index in [9.17, 15) is 9.59 Å². The number of hydrogen-bond donors (Lipinski definition) is 3. The number of nitrogens with one attached hydrogen (secondary N) is 3. The van der Waals surface area contributed by atoms with Gasteiger partial charge in [0, 0.05) is 15.8 Å². The largest absolute Gasteiger partial charge is 0.496 e. The van der Waals surface area contributed by atoms with Crippen LogP contribution in [0.25, 0.3) is 0 Å². The summed E-state index contributed by atoms with van der Waals surface area (Å²) in [6.07, 6.45) is 1.44. The molecule has 3 aromatic rings. The Morgan fingerprint density at radius 2 is 1.81 bits per heavy atom. The molecule has 2 amide bonds. The number of halogens is 1. The summed E-state index contributed by atoms with van der Waals surface area (Å²) >= 11 is 8.67. The Kier molecular flexibility index (Phi) is 7.09. The highest BCUT2D eigenvalue weighted by molar-refractivity contribution is 9.10. The van der Waals surface area contributed by atoms with Gasteiger partial charge in [-0.3, -0.25) is 14.9 Å². The zero-order valence-electron chi connectivity index (χ0n) is 17.0. The monoisotopic (exact) mass is 501 g/mol. The molecule has 0 unspecified atom stereocenters. The number of amides is 2. The first-order valence-corrected chi connectivity index (χ1v) is 10.4. The maximum Gasteiger partial charge on any atom is 0.291 e. The summed E-state index contributed by atoms with van der Waals surface area (Å²) in [5.41, 5.74) is 3.30. The third kappa shape index (κ3) is 5.50.